The Bertz CT molecular complexity index is 188. The summed E-state index contributed by atoms with van der Waals surface area (Å²) in [5.74, 6) is 0.0289. The average molecular weight is 200 g/mol. The van der Waals surface area contributed by atoms with Crippen molar-refractivity contribution in [2.24, 2.45) is 0 Å². The highest BCUT2D eigenvalue weighted by Gasteiger charge is 2.13. The molecule has 0 aliphatic carbocycles. The van der Waals surface area contributed by atoms with Gasteiger partial charge in [0.05, 0.1) is 0 Å². The van der Waals surface area contributed by atoms with E-state index < -0.39 is 0 Å². The van der Waals surface area contributed by atoms with Crippen LogP contribution in [0.25, 0.3) is 0 Å². The van der Waals surface area contributed by atoms with Gasteiger partial charge in [-0.3, -0.25) is 4.79 Å². The van der Waals surface area contributed by atoms with Crippen molar-refractivity contribution in [2.45, 2.75) is 18.9 Å². The third-order valence-electron chi connectivity index (χ3n) is 2.04. The standard InChI is InChI=1S/C9H16N2OS/c1-13-7-4-9(12)11-8-2-5-10-6-3-8/h4,7-8,10H,2-3,5-6H2,1H3,(H,11,12). The van der Waals surface area contributed by atoms with E-state index in [1.165, 1.54) is 11.8 Å². The Hall–Kier alpha value is -0.480. The van der Waals surface area contributed by atoms with E-state index in [9.17, 15) is 4.79 Å². The lowest BCUT2D eigenvalue weighted by Gasteiger charge is -2.22. The van der Waals surface area contributed by atoms with Gasteiger partial charge in [0.2, 0.25) is 5.91 Å². The number of carbonyl (C=O) groups excluding carboxylic acids is 1. The molecule has 1 rings (SSSR count). The molecule has 1 fully saturated rings. The minimum Gasteiger partial charge on any atom is -0.350 e. The summed E-state index contributed by atoms with van der Waals surface area (Å²) >= 11 is 1.54. The van der Waals surface area contributed by atoms with Gasteiger partial charge in [0.1, 0.15) is 0 Å². The van der Waals surface area contributed by atoms with Gasteiger partial charge in [0.15, 0.2) is 0 Å². The van der Waals surface area contributed by atoms with E-state index in [2.05, 4.69) is 10.6 Å². The molecule has 1 aliphatic rings. The smallest absolute Gasteiger partial charge is 0.244 e. The molecule has 1 saturated heterocycles. The van der Waals surface area contributed by atoms with E-state index in [0.29, 0.717) is 6.04 Å². The van der Waals surface area contributed by atoms with Crippen molar-refractivity contribution in [1.29, 1.82) is 0 Å². The normalized spacial score (nSPS) is 19.2. The Morgan fingerprint density at radius 2 is 2.23 bits per heavy atom. The molecule has 2 N–H and O–H groups in total. The van der Waals surface area contributed by atoms with Crippen LogP contribution < -0.4 is 10.6 Å². The van der Waals surface area contributed by atoms with Crippen molar-refractivity contribution in [3.8, 4) is 0 Å². The van der Waals surface area contributed by atoms with Crippen molar-refractivity contribution >= 4 is 17.7 Å². The lowest BCUT2D eigenvalue weighted by atomic mass is 10.1. The Morgan fingerprint density at radius 1 is 1.54 bits per heavy atom. The van der Waals surface area contributed by atoms with Crippen molar-refractivity contribution in [2.75, 3.05) is 19.3 Å². The van der Waals surface area contributed by atoms with Crippen molar-refractivity contribution in [3.63, 3.8) is 0 Å². The molecule has 0 atom stereocenters. The predicted octanol–water partition coefficient (Wildman–Crippen LogP) is 0.731. The zero-order valence-electron chi connectivity index (χ0n) is 7.88. The fourth-order valence-corrected chi connectivity index (χ4v) is 1.61. The molecule has 1 amide bonds. The first-order chi connectivity index (χ1) is 6.33. The van der Waals surface area contributed by atoms with E-state index in [1.54, 1.807) is 11.5 Å². The maximum absolute atomic E-state index is 11.2. The van der Waals surface area contributed by atoms with Crippen LogP contribution in [0, 0.1) is 0 Å². The molecular weight excluding hydrogens is 184 g/mol. The van der Waals surface area contributed by atoms with E-state index >= 15 is 0 Å². The zero-order valence-corrected chi connectivity index (χ0v) is 8.69. The van der Waals surface area contributed by atoms with E-state index in [0.717, 1.165) is 25.9 Å². The minimum absolute atomic E-state index is 0.0289. The summed E-state index contributed by atoms with van der Waals surface area (Å²) in [6, 6.07) is 0.361. The molecule has 0 aromatic carbocycles. The number of rotatable bonds is 3. The number of amides is 1. The van der Waals surface area contributed by atoms with Crippen molar-refractivity contribution in [1.82, 2.24) is 10.6 Å². The van der Waals surface area contributed by atoms with Crippen LogP contribution in [0.5, 0.6) is 0 Å². The van der Waals surface area contributed by atoms with Crippen LogP contribution in [-0.2, 0) is 4.79 Å². The van der Waals surface area contributed by atoms with Crippen molar-refractivity contribution < 1.29 is 4.79 Å². The summed E-state index contributed by atoms with van der Waals surface area (Å²) < 4.78 is 0. The van der Waals surface area contributed by atoms with E-state index in [4.69, 9.17) is 0 Å². The van der Waals surface area contributed by atoms with Gasteiger partial charge in [0, 0.05) is 12.1 Å². The van der Waals surface area contributed by atoms with E-state index in [1.807, 2.05) is 6.26 Å². The molecule has 1 aliphatic heterocycles. The van der Waals surface area contributed by atoms with Crippen LogP contribution in [-0.4, -0.2) is 31.3 Å². The van der Waals surface area contributed by atoms with Gasteiger partial charge in [-0.1, -0.05) is 0 Å². The third-order valence-corrected chi connectivity index (χ3v) is 2.45. The number of carbonyl (C=O) groups is 1. The lowest BCUT2D eigenvalue weighted by molar-refractivity contribution is -0.117. The largest absolute Gasteiger partial charge is 0.350 e. The van der Waals surface area contributed by atoms with Crippen LogP contribution in [0.2, 0.25) is 0 Å². The number of piperidine rings is 1. The molecular formula is C9H16N2OS. The summed E-state index contributed by atoms with van der Waals surface area (Å²) in [4.78, 5) is 11.2. The van der Waals surface area contributed by atoms with Crippen LogP contribution >= 0.6 is 11.8 Å². The van der Waals surface area contributed by atoms with E-state index in [-0.39, 0.29) is 5.91 Å². The number of thioether (sulfide) groups is 1. The molecule has 0 saturated carbocycles. The van der Waals surface area contributed by atoms with Gasteiger partial charge >= 0.3 is 0 Å². The molecule has 0 unspecified atom stereocenters. The Labute approximate surface area is 83.3 Å². The molecule has 3 nitrogen and oxygen atoms in total. The second kappa shape index (κ2) is 6.05. The summed E-state index contributed by atoms with van der Waals surface area (Å²) in [5, 5.41) is 8.03. The molecule has 13 heavy (non-hydrogen) atoms. The monoisotopic (exact) mass is 200 g/mol. The molecule has 0 aromatic heterocycles. The fourth-order valence-electron chi connectivity index (χ4n) is 1.35. The first kappa shape index (κ1) is 10.6. The quantitative estimate of drug-likeness (QED) is 0.660. The fraction of sp³-hybridized carbons (Fsp3) is 0.667. The first-order valence-corrected chi connectivity index (χ1v) is 5.82. The maximum Gasteiger partial charge on any atom is 0.244 e. The summed E-state index contributed by atoms with van der Waals surface area (Å²) in [6.07, 6.45) is 5.61. The molecule has 0 bridgehead atoms. The molecule has 4 heteroatoms. The topological polar surface area (TPSA) is 41.1 Å². The molecule has 0 spiro atoms. The van der Waals surface area contributed by atoms with Crippen molar-refractivity contribution in [3.05, 3.63) is 11.5 Å². The van der Waals surface area contributed by atoms with Crippen LogP contribution in [0.15, 0.2) is 11.5 Å². The number of nitrogens with one attached hydrogen (secondary N) is 2. The van der Waals surface area contributed by atoms with Gasteiger partial charge in [-0.2, -0.15) is 0 Å². The Kier molecular flexibility index (Phi) is 4.93. The van der Waals surface area contributed by atoms with Crippen LogP contribution in [0.1, 0.15) is 12.8 Å². The summed E-state index contributed by atoms with van der Waals surface area (Å²) in [6.45, 7) is 2.02. The summed E-state index contributed by atoms with van der Waals surface area (Å²) in [5.41, 5.74) is 0. The number of hydrogen-bond acceptors (Lipinski definition) is 3. The van der Waals surface area contributed by atoms with Gasteiger partial charge in [0.25, 0.3) is 0 Å². The minimum atomic E-state index is 0.0289. The first-order valence-electron chi connectivity index (χ1n) is 4.53. The van der Waals surface area contributed by atoms with Gasteiger partial charge < -0.3 is 10.6 Å². The number of hydrogen-bond donors (Lipinski definition) is 2. The van der Waals surface area contributed by atoms with Gasteiger partial charge in [-0.25, -0.2) is 0 Å². The summed E-state index contributed by atoms with van der Waals surface area (Å²) in [7, 11) is 0. The molecule has 0 radical (unpaired) electrons. The molecule has 0 aromatic rings. The average Bonchev–Trinajstić information content (AvgIpc) is 2.16. The van der Waals surface area contributed by atoms with Gasteiger partial charge in [-0.05, 0) is 37.6 Å². The predicted molar refractivity (Wildman–Crippen MR) is 56.7 cm³/mol. The van der Waals surface area contributed by atoms with Crippen LogP contribution in [0.3, 0.4) is 0 Å². The Balaban J connectivity index is 2.22. The maximum atomic E-state index is 11.2. The Morgan fingerprint density at radius 3 is 2.85 bits per heavy atom. The van der Waals surface area contributed by atoms with Gasteiger partial charge in [-0.15, -0.1) is 11.8 Å². The highest BCUT2D eigenvalue weighted by atomic mass is 32.2. The second-order valence-corrected chi connectivity index (χ2v) is 3.81. The molecule has 74 valence electrons. The van der Waals surface area contributed by atoms with Crippen LogP contribution in [0.4, 0.5) is 0 Å². The molecule has 1 heterocycles. The highest BCUT2D eigenvalue weighted by molar-refractivity contribution is 8.01. The second-order valence-electron chi connectivity index (χ2n) is 3.07. The lowest BCUT2D eigenvalue weighted by Crippen LogP contribution is -2.42. The SMILES string of the molecule is CSC=CC(=O)NC1CCNCC1. The zero-order chi connectivity index (χ0) is 9.52. The third kappa shape index (κ3) is 4.33. The highest BCUT2D eigenvalue weighted by Crippen LogP contribution is 2.02.